The highest BCUT2D eigenvalue weighted by molar-refractivity contribution is 8.01. The van der Waals surface area contributed by atoms with Crippen molar-refractivity contribution in [3.05, 3.63) is 58.6 Å². The lowest BCUT2D eigenvalue weighted by Gasteiger charge is -2.35. The average Bonchev–Trinajstić information content (AvgIpc) is 3.17. The first-order valence-electron chi connectivity index (χ1n) is 9.47. The van der Waals surface area contributed by atoms with E-state index in [1.807, 2.05) is 24.3 Å². The van der Waals surface area contributed by atoms with Gasteiger partial charge in [0.1, 0.15) is 4.90 Å². The van der Waals surface area contributed by atoms with Crippen LogP contribution in [0.15, 0.2) is 52.3 Å². The summed E-state index contributed by atoms with van der Waals surface area (Å²) in [5.41, 5.74) is 0.0355. The summed E-state index contributed by atoms with van der Waals surface area (Å²) in [5.74, 6) is -0.0599. The van der Waals surface area contributed by atoms with Crippen molar-refractivity contribution < 1.29 is 26.4 Å². The molecule has 1 amide bonds. The molecule has 1 fully saturated rings. The Morgan fingerprint density at radius 3 is 2.39 bits per heavy atom. The number of piperazine rings is 1. The van der Waals surface area contributed by atoms with Gasteiger partial charge in [0.15, 0.2) is 0 Å². The van der Waals surface area contributed by atoms with Gasteiger partial charge in [0.05, 0.1) is 15.8 Å². The highest BCUT2D eigenvalue weighted by Crippen LogP contribution is 2.38. The second-order valence-corrected chi connectivity index (χ2v) is 10.8. The van der Waals surface area contributed by atoms with Gasteiger partial charge in [-0.15, -0.1) is 11.8 Å². The van der Waals surface area contributed by atoms with E-state index >= 15 is 0 Å². The molecule has 2 aromatic carbocycles. The summed E-state index contributed by atoms with van der Waals surface area (Å²) >= 11 is 7.42. The number of halogens is 4. The Morgan fingerprint density at radius 2 is 1.74 bits per heavy atom. The molecule has 31 heavy (non-hydrogen) atoms. The third-order valence-corrected chi connectivity index (χ3v) is 9.03. The zero-order chi connectivity index (χ0) is 22.4. The zero-order valence-corrected chi connectivity index (χ0v) is 18.5. The molecule has 1 unspecified atom stereocenters. The number of hydrogen-bond acceptors (Lipinski definition) is 4. The third-order valence-electron chi connectivity index (χ3n) is 5.35. The number of alkyl halides is 3. The van der Waals surface area contributed by atoms with Crippen LogP contribution in [0.2, 0.25) is 5.02 Å². The summed E-state index contributed by atoms with van der Waals surface area (Å²) in [6, 6.07) is 10.0. The molecule has 11 heteroatoms. The van der Waals surface area contributed by atoms with E-state index in [-0.39, 0.29) is 42.4 Å². The van der Waals surface area contributed by atoms with Crippen LogP contribution in [0.5, 0.6) is 0 Å². The first-order chi connectivity index (χ1) is 14.6. The Hall–Kier alpha value is -1.75. The standard InChI is InChI=1S/C20H18ClF3N2O3S2/c21-15-6-5-14(20(22,23)24)12-18(15)31(28,29)26-9-7-25(8-10-26)19(27)17-11-13-3-1-2-4-16(13)30-17/h1-6,12,17H,7-11H2. The minimum absolute atomic E-state index is 0.00895. The number of rotatable bonds is 3. The van der Waals surface area contributed by atoms with Crippen molar-refractivity contribution in [1.29, 1.82) is 0 Å². The molecule has 1 saturated heterocycles. The second kappa shape index (κ2) is 8.31. The topological polar surface area (TPSA) is 57.7 Å². The Bertz CT molecular complexity index is 1090. The molecule has 0 aliphatic carbocycles. The Balaban J connectivity index is 1.45. The normalized spacial score (nSPS) is 20.0. The third kappa shape index (κ3) is 4.44. The molecule has 5 nitrogen and oxygen atoms in total. The van der Waals surface area contributed by atoms with E-state index in [9.17, 15) is 26.4 Å². The predicted octanol–water partition coefficient (Wildman–Crippen LogP) is 3.91. The molecular formula is C20H18ClF3N2O3S2. The van der Waals surface area contributed by atoms with Gasteiger partial charge in [0, 0.05) is 31.1 Å². The van der Waals surface area contributed by atoms with Crippen molar-refractivity contribution >= 4 is 39.3 Å². The van der Waals surface area contributed by atoms with Gasteiger partial charge in [-0.25, -0.2) is 8.42 Å². The number of benzene rings is 2. The monoisotopic (exact) mass is 490 g/mol. The van der Waals surface area contributed by atoms with Crippen LogP contribution in [0.1, 0.15) is 11.1 Å². The minimum atomic E-state index is -4.68. The van der Waals surface area contributed by atoms with Crippen molar-refractivity contribution in [2.24, 2.45) is 0 Å². The van der Waals surface area contributed by atoms with Gasteiger partial charge >= 0.3 is 6.18 Å². The van der Waals surface area contributed by atoms with E-state index in [0.29, 0.717) is 12.5 Å². The summed E-state index contributed by atoms with van der Waals surface area (Å²) in [6.07, 6.45) is -4.06. The van der Waals surface area contributed by atoms with Crippen molar-refractivity contribution in [3.8, 4) is 0 Å². The van der Waals surface area contributed by atoms with Crippen molar-refractivity contribution in [1.82, 2.24) is 9.21 Å². The molecule has 166 valence electrons. The van der Waals surface area contributed by atoms with Crippen LogP contribution in [0, 0.1) is 0 Å². The minimum Gasteiger partial charge on any atom is -0.339 e. The van der Waals surface area contributed by atoms with Crippen LogP contribution in [-0.2, 0) is 27.4 Å². The number of thioether (sulfide) groups is 1. The van der Waals surface area contributed by atoms with Crippen molar-refractivity contribution in [2.45, 2.75) is 27.6 Å². The quantitative estimate of drug-likeness (QED) is 0.654. The van der Waals surface area contributed by atoms with Gasteiger partial charge in [-0.05, 0) is 36.2 Å². The predicted molar refractivity (Wildman–Crippen MR) is 112 cm³/mol. The number of carbonyl (C=O) groups is 1. The number of sulfonamides is 1. The van der Waals surface area contributed by atoms with Crippen molar-refractivity contribution in [3.63, 3.8) is 0 Å². The molecule has 2 aliphatic heterocycles. The van der Waals surface area contributed by atoms with Crippen LogP contribution in [0.25, 0.3) is 0 Å². The molecule has 0 radical (unpaired) electrons. The lowest BCUT2D eigenvalue weighted by molar-refractivity contribution is -0.137. The number of fused-ring (bicyclic) bond motifs is 1. The maximum atomic E-state index is 13.0. The van der Waals surface area contributed by atoms with Gasteiger partial charge < -0.3 is 4.90 Å². The zero-order valence-electron chi connectivity index (χ0n) is 16.1. The van der Waals surface area contributed by atoms with E-state index < -0.39 is 26.7 Å². The maximum absolute atomic E-state index is 13.0. The molecule has 0 aromatic heterocycles. The van der Waals surface area contributed by atoms with Gasteiger partial charge in [0.2, 0.25) is 15.9 Å². The van der Waals surface area contributed by atoms with E-state index in [1.54, 1.807) is 4.90 Å². The largest absolute Gasteiger partial charge is 0.416 e. The first-order valence-corrected chi connectivity index (χ1v) is 12.2. The summed E-state index contributed by atoms with van der Waals surface area (Å²) in [6.45, 7) is 0.320. The van der Waals surface area contributed by atoms with Crippen LogP contribution in [0.4, 0.5) is 13.2 Å². The Labute approximate surface area is 187 Å². The first kappa shape index (κ1) is 22.4. The lowest BCUT2D eigenvalue weighted by atomic mass is 10.1. The SMILES string of the molecule is O=C(C1Cc2ccccc2S1)N1CCN(S(=O)(=O)c2cc(C(F)(F)F)ccc2Cl)CC1. The summed E-state index contributed by atoms with van der Waals surface area (Å²) in [7, 11) is -4.23. The fourth-order valence-electron chi connectivity index (χ4n) is 3.69. The molecule has 4 rings (SSSR count). The lowest BCUT2D eigenvalue weighted by Crippen LogP contribution is -2.52. The van der Waals surface area contributed by atoms with Crippen LogP contribution < -0.4 is 0 Å². The Kier molecular flexibility index (Phi) is 6.01. The Morgan fingerprint density at radius 1 is 1.06 bits per heavy atom. The van der Waals surface area contributed by atoms with Gasteiger partial charge in [-0.1, -0.05) is 29.8 Å². The van der Waals surface area contributed by atoms with Gasteiger partial charge in [0.25, 0.3) is 0 Å². The molecule has 2 heterocycles. The molecule has 1 atom stereocenters. The van der Waals surface area contributed by atoms with Crippen LogP contribution in [0.3, 0.4) is 0 Å². The van der Waals surface area contributed by atoms with Crippen molar-refractivity contribution in [2.75, 3.05) is 26.2 Å². The molecule has 2 aromatic rings. The number of carbonyl (C=O) groups excluding carboxylic acids is 1. The van der Waals surface area contributed by atoms with Crippen LogP contribution >= 0.6 is 23.4 Å². The fraction of sp³-hybridized carbons (Fsp3) is 0.350. The number of amides is 1. The highest BCUT2D eigenvalue weighted by atomic mass is 35.5. The smallest absolute Gasteiger partial charge is 0.339 e. The summed E-state index contributed by atoms with van der Waals surface area (Å²) in [5, 5.41) is -0.523. The van der Waals surface area contributed by atoms with Crippen LogP contribution in [-0.4, -0.2) is 55.0 Å². The summed E-state index contributed by atoms with van der Waals surface area (Å²) < 4.78 is 66.0. The van der Waals surface area contributed by atoms with E-state index in [4.69, 9.17) is 11.6 Å². The molecule has 0 spiro atoms. The molecule has 2 aliphatic rings. The number of nitrogens with zero attached hydrogens (tertiary/aromatic N) is 2. The number of hydrogen-bond donors (Lipinski definition) is 0. The molecular weight excluding hydrogens is 473 g/mol. The second-order valence-electron chi connectivity index (χ2n) is 7.29. The van der Waals surface area contributed by atoms with E-state index in [1.165, 1.54) is 11.8 Å². The summed E-state index contributed by atoms with van der Waals surface area (Å²) in [4.78, 5) is 15.0. The average molecular weight is 491 g/mol. The molecule has 0 bridgehead atoms. The highest BCUT2D eigenvalue weighted by Gasteiger charge is 2.37. The van der Waals surface area contributed by atoms with Gasteiger partial charge in [-0.3, -0.25) is 4.79 Å². The van der Waals surface area contributed by atoms with Gasteiger partial charge in [-0.2, -0.15) is 17.5 Å². The van der Waals surface area contributed by atoms with E-state index in [2.05, 4.69) is 0 Å². The molecule has 0 saturated carbocycles. The van der Waals surface area contributed by atoms with E-state index in [0.717, 1.165) is 26.9 Å². The molecule has 0 N–H and O–H groups in total. The fourth-order valence-corrected chi connectivity index (χ4v) is 6.89. The maximum Gasteiger partial charge on any atom is 0.416 e.